The Hall–Kier alpha value is -4.04. The number of likely N-dealkylation sites (tertiary alicyclic amines) is 3. The van der Waals surface area contributed by atoms with Gasteiger partial charge in [-0.15, -0.1) is 0 Å². The average molecular weight is 780 g/mol. The molecule has 0 spiro atoms. The maximum Gasteiger partial charge on any atom is 0.309 e. The number of ketones is 3. The molecule has 296 valence electrons. The number of nitrogens with zero attached hydrogens (tertiary/aromatic N) is 3. The molecule has 3 saturated heterocycles. The van der Waals surface area contributed by atoms with Gasteiger partial charge in [0, 0.05) is 74.6 Å². The largest absolute Gasteiger partial charge is 0.495 e. The van der Waals surface area contributed by atoms with Crippen LogP contribution >= 0.6 is 0 Å². The molecule has 0 aliphatic carbocycles. The van der Waals surface area contributed by atoms with Gasteiger partial charge in [0.15, 0.2) is 35.0 Å². The summed E-state index contributed by atoms with van der Waals surface area (Å²) in [5.41, 5.74) is 0. The summed E-state index contributed by atoms with van der Waals surface area (Å²) in [6, 6.07) is 0. The minimum atomic E-state index is -0.185. The van der Waals surface area contributed by atoms with E-state index >= 15 is 0 Å². The average Bonchev–Trinajstić information content (AvgIpc) is 3.08. The Morgan fingerprint density at radius 2 is 0.673 bits per heavy atom. The van der Waals surface area contributed by atoms with Crippen molar-refractivity contribution in [2.45, 2.75) is 80.1 Å². The molecule has 3 aliphatic heterocycles. The van der Waals surface area contributed by atoms with E-state index in [0.717, 1.165) is 0 Å². The standard InChI is InChI=1S/3C12H19NO4.Fe/c3*1-3-17-12(16)10-4-6-13(7-5-10)11(15)8-9(2)14;/h3*8,10,15H,3-7H2,1-2H3;. The van der Waals surface area contributed by atoms with Crippen LogP contribution in [0.25, 0.3) is 0 Å². The molecule has 0 unspecified atom stereocenters. The van der Waals surface area contributed by atoms with Gasteiger partial charge >= 0.3 is 17.9 Å². The summed E-state index contributed by atoms with van der Waals surface area (Å²) in [4.78, 5) is 72.0. The number of aliphatic hydroxyl groups is 3. The molecule has 0 bridgehead atoms. The fourth-order valence-corrected chi connectivity index (χ4v) is 5.63. The second kappa shape index (κ2) is 25.8. The molecule has 3 heterocycles. The van der Waals surface area contributed by atoms with E-state index in [1.54, 1.807) is 35.5 Å². The number of hydrogen-bond acceptors (Lipinski definition) is 15. The van der Waals surface area contributed by atoms with Crippen LogP contribution in [0.2, 0.25) is 0 Å². The number of carbonyl (C=O) groups is 6. The molecule has 3 rings (SSSR count). The van der Waals surface area contributed by atoms with Gasteiger partial charge in [-0.3, -0.25) is 28.8 Å². The van der Waals surface area contributed by atoms with E-state index in [2.05, 4.69) is 0 Å². The summed E-state index contributed by atoms with van der Waals surface area (Å²) < 4.78 is 14.9. The van der Waals surface area contributed by atoms with Crippen molar-refractivity contribution >= 4 is 35.3 Å². The van der Waals surface area contributed by atoms with Crippen LogP contribution in [0.4, 0.5) is 0 Å². The summed E-state index contributed by atoms with van der Waals surface area (Å²) >= 11 is 0. The second-order valence-electron chi connectivity index (χ2n) is 12.4. The van der Waals surface area contributed by atoms with E-state index in [-0.39, 0.29) is 87.7 Å². The first-order valence-corrected chi connectivity index (χ1v) is 17.6. The number of esters is 3. The predicted molar refractivity (Wildman–Crippen MR) is 187 cm³/mol. The number of hydrogen-bond donors (Lipinski definition) is 3. The molecule has 0 radical (unpaired) electrons. The van der Waals surface area contributed by atoms with Crippen LogP contribution in [0.1, 0.15) is 80.1 Å². The van der Waals surface area contributed by atoms with Crippen molar-refractivity contribution in [3.63, 3.8) is 0 Å². The van der Waals surface area contributed by atoms with Gasteiger partial charge in [-0.05, 0) is 80.1 Å². The molecule has 0 atom stereocenters. The molecule has 0 aromatic rings. The van der Waals surface area contributed by atoms with E-state index in [1.807, 2.05) is 0 Å². The number of carbonyl (C=O) groups excluding carboxylic acids is 6. The third kappa shape index (κ3) is 18.5. The third-order valence-corrected chi connectivity index (χ3v) is 8.31. The summed E-state index contributed by atoms with van der Waals surface area (Å²) in [5, 5.41) is 28.9. The van der Waals surface area contributed by atoms with E-state index < -0.39 is 0 Å². The van der Waals surface area contributed by atoms with E-state index in [4.69, 9.17) is 14.2 Å². The first-order valence-electron chi connectivity index (χ1n) is 17.6. The molecule has 0 aromatic heterocycles. The van der Waals surface area contributed by atoms with Gasteiger partial charge in [0.25, 0.3) is 0 Å². The van der Waals surface area contributed by atoms with Crippen LogP contribution in [0, 0.1) is 17.8 Å². The molecule has 15 nitrogen and oxygen atoms in total. The summed E-state index contributed by atoms with van der Waals surface area (Å²) in [7, 11) is 0. The summed E-state index contributed by atoms with van der Waals surface area (Å²) in [5.74, 6) is -1.35. The smallest absolute Gasteiger partial charge is 0.309 e. The zero-order valence-corrected chi connectivity index (χ0v) is 32.4. The number of allylic oxidation sites excluding steroid dienone is 3. The molecule has 3 aliphatic rings. The second-order valence-corrected chi connectivity index (χ2v) is 12.4. The Balaban J connectivity index is 0.000000743. The first-order chi connectivity index (χ1) is 24.1. The minimum absolute atomic E-state index is 0. The quantitative estimate of drug-likeness (QED) is 0.0850. The van der Waals surface area contributed by atoms with Gasteiger partial charge in [-0.2, -0.15) is 0 Å². The molecular weight excluding hydrogens is 722 g/mol. The zero-order chi connectivity index (χ0) is 38.5. The van der Waals surface area contributed by atoms with Crippen LogP contribution in [0.3, 0.4) is 0 Å². The van der Waals surface area contributed by atoms with Gasteiger partial charge in [0.05, 0.1) is 37.6 Å². The van der Waals surface area contributed by atoms with E-state index in [1.165, 1.54) is 39.0 Å². The molecular formula is C36H57FeN3O12. The summed E-state index contributed by atoms with van der Waals surface area (Å²) in [6.45, 7) is 14.1. The van der Waals surface area contributed by atoms with E-state index in [0.29, 0.717) is 97.6 Å². The topological polar surface area (TPSA) is 201 Å². The van der Waals surface area contributed by atoms with Crippen LogP contribution in [0.5, 0.6) is 0 Å². The molecule has 0 saturated carbocycles. The zero-order valence-electron chi connectivity index (χ0n) is 31.3. The molecule has 0 aromatic carbocycles. The Labute approximate surface area is 317 Å². The normalized spacial score (nSPS) is 17.7. The van der Waals surface area contributed by atoms with Gasteiger partial charge in [-0.1, -0.05) is 0 Å². The van der Waals surface area contributed by atoms with Gasteiger partial charge < -0.3 is 44.2 Å². The predicted octanol–water partition coefficient (Wildman–Crippen LogP) is 3.75. The SMILES string of the molecule is CCOC(=O)C1CCN(C(O)=CC(C)=O)CC1.CCOC(=O)C1CCN(C(O)=CC(C)=O)CC1.CCOC(=O)C1CCN(C(O)=CC(C)=O)CC1.[Fe]. The fraction of sp³-hybridized carbons (Fsp3) is 0.667. The number of aliphatic hydroxyl groups excluding tert-OH is 3. The van der Waals surface area contributed by atoms with Crippen molar-refractivity contribution in [3.05, 3.63) is 35.9 Å². The van der Waals surface area contributed by atoms with Gasteiger partial charge in [0.1, 0.15) is 0 Å². The maximum absolute atomic E-state index is 11.5. The van der Waals surface area contributed by atoms with Crippen LogP contribution < -0.4 is 0 Å². The van der Waals surface area contributed by atoms with Crippen LogP contribution in [-0.4, -0.2) is 124 Å². The van der Waals surface area contributed by atoms with Crippen molar-refractivity contribution in [2.24, 2.45) is 17.8 Å². The Morgan fingerprint density at radius 1 is 0.481 bits per heavy atom. The molecule has 0 amide bonds. The molecule has 3 N–H and O–H groups in total. The Kier molecular flexibility index (Phi) is 23.8. The number of ether oxygens (including phenoxy) is 3. The van der Waals surface area contributed by atoms with Gasteiger partial charge in [-0.25, -0.2) is 0 Å². The maximum atomic E-state index is 11.5. The Morgan fingerprint density at radius 3 is 0.827 bits per heavy atom. The summed E-state index contributed by atoms with van der Waals surface area (Å²) in [6.07, 6.45) is 7.48. The monoisotopic (exact) mass is 779 g/mol. The van der Waals surface area contributed by atoms with E-state index in [9.17, 15) is 44.1 Å². The van der Waals surface area contributed by atoms with Crippen molar-refractivity contribution in [3.8, 4) is 0 Å². The Bertz CT molecular complexity index is 1110. The van der Waals surface area contributed by atoms with Crippen LogP contribution in [0.15, 0.2) is 35.9 Å². The number of piperidine rings is 3. The number of rotatable bonds is 12. The fourth-order valence-electron chi connectivity index (χ4n) is 5.63. The van der Waals surface area contributed by atoms with Crippen molar-refractivity contribution < 1.29 is 75.4 Å². The molecule has 16 heteroatoms. The molecule has 52 heavy (non-hydrogen) atoms. The van der Waals surface area contributed by atoms with Crippen LogP contribution in [-0.2, 0) is 60.0 Å². The molecule has 3 fully saturated rings. The van der Waals surface area contributed by atoms with Crippen molar-refractivity contribution in [1.29, 1.82) is 0 Å². The van der Waals surface area contributed by atoms with Gasteiger partial charge in [0.2, 0.25) is 0 Å². The first kappa shape index (κ1) is 48.0. The minimum Gasteiger partial charge on any atom is -0.495 e. The van der Waals surface area contributed by atoms with Crippen molar-refractivity contribution in [1.82, 2.24) is 14.7 Å². The van der Waals surface area contributed by atoms with Crippen molar-refractivity contribution in [2.75, 3.05) is 59.1 Å². The third-order valence-electron chi connectivity index (χ3n) is 8.31.